The number of carbonyl (C=O) groups is 4. The minimum Gasteiger partial charge on any atom is -0.456 e. The van der Waals surface area contributed by atoms with Crippen LogP contribution in [0.15, 0.2) is 60.9 Å². The molecule has 15 nitrogen and oxygen atoms in total. The summed E-state index contributed by atoms with van der Waals surface area (Å²) < 4.78 is 16.0. The van der Waals surface area contributed by atoms with Gasteiger partial charge >= 0.3 is 12.2 Å². The molecule has 3 atom stereocenters. The maximum Gasteiger partial charge on any atom is 0.407 e. The molecule has 0 bridgehead atoms. The van der Waals surface area contributed by atoms with E-state index in [9.17, 15) is 19.2 Å². The minimum absolute atomic E-state index is 0.0532. The highest BCUT2D eigenvalue weighted by atomic mass is 16.5. The Morgan fingerprint density at radius 2 is 1.62 bits per heavy atom. The van der Waals surface area contributed by atoms with Crippen LogP contribution in [0.5, 0.6) is 11.5 Å². The van der Waals surface area contributed by atoms with Crippen LogP contribution in [0.4, 0.5) is 9.59 Å². The highest BCUT2D eigenvalue weighted by Crippen LogP contribution is 2.48. The number of hydrogen-bond acceptors (Lipinski definition) is 9. The molecule has 2 unspecified atom stereocenters. The number of methoxy groups -OCH3 is 2. The first-order chi connectivity index (χ1) is 29.4. The number of imidazole rings is 2. The van der Waals surface area contributed by atoms with Crippen molar-refractivity contribution in [3.05, 3.63) is 83.7 Å². The van der Waals surface area contributed by atoms with Crippen LogP contribution >= 0.6 is 0 Å². The molecule has 1 saturated heterocycles. The molecule has 5 aromatic rings. The Hall–Kier alpha value is -6.38. The highest BCUT2D eigenvalue weighted by Gasteiger charge is 2.33. The van der Waals surface area contributed by atoms with Gasteiger partial charge in [0.15, 0.2) is 0 Å². The van der Waals surface area contributed by atoms with Crippen LogP contribution in [0.25, 0.3) is 33.3 Å². The van der Waals surface area contributed by atoms with Gasteiger partial charge in [0.2, 0.25) is 11.8 Å². The number of likely N-dealkylation sites (tertiary alicyclic amines) is 1. The van der Waals surface area contributed by atoms with Crippen molar-refractivity contribution in [1.82, 2.24) is 40.4 Å². The molecule has 2 aliphatic heterocycles. The summed E-state index contributed by atoms with van der Waals surface area (Å²) in [6.07, 6.45) is 5.92. The summed E-state index contributed by atoms with van der Waals surface area (Å²) in [7, 11) is 2.55. The van der Waals surface area contributed by atoms with E-state index in [2.05, 4.69) is 86.4 Å². The van der Waals surface area contributed by atoms with Crippen molar-refractivity contribution in [3.63, 3.8) is 0 Å². The number of nitrogens with zero attached hydrogens (tertiary/aromatic N) is 4. The number of aromatic amines is 2. The van der Waals surface area contributed by atoms with Gasteiger partial charge in [-0.25, -0.2) is 19.6 Å². The normalized spacial score (nSPS) is 15.8. The van der Waals surface area contributed by atoms with Crippen molar-refractivity contribution in [3.8, 4) is 34.0 Å². The van der Waals surface area contributed by atoms with E-state index < -0.39 is 18.2 Å². The fourth-order valence-corrected chi connectivity index (χ4v) is 7.89. The number of rotatable bonds is 12. The number of hydrogen-bond donors (Lipinski definition) is 4. The minimum atomic E-state index is -0.721. The number of ether oxygens (including phenoxy) is 3. The summed E-state index contributed by atoms with van der Waals surface area (Å²) in [5.41, 5.74) is 5.72. The van der Waals surface area contributed by atoms with E-state index >= 15 is 0 Å². The van der Waals surface area contributed by atoms with Crippen LogP contribution < -0.4 is 15.4 Å². The standard InChI is InChI=1S/C43H50N8O7.C3H8/c1-7-16-50(41(53)38(24(2)3)49-43(55)57-6)23-36-44-20-32(47-36)27-11-14-30-26(18-27)10-13-29-25(4)31-19-28(12-15-35(31)58-39(29)30)33-21-45-40(48-33)34-9-8-17-51(34)37(52)22-46-42(54)56-5;1-3-2/h10-15,18-21,24-25,34,38H,7-9,16-17,22-23H2,1-6H3,(H,44,47)(H,45,48)(H,46,54)(H,49,55);3H2,1-2H3/t25?,34-,38?;/m0./s1. The van der Waals surface area contributed by atoms with Crippen LogP contribution in [-0.4, -0.2) is 93.6 Å². The van der Waals surface area contributed by atoms with Gasteiger partial charge in [-0.15, -0.1) is 0 Å². The topological polar surface area (TPSA) is 184 Å². The summed E-state index contributed by atoms with van der Waals surface area (Å²) in [6, 6.07) is 15.7. The zero-order valence-corrected chi connectivity index (χ0v) is 36.4. The molecule has 0 aliphatic carbocycles. The van der Waals surface area contributed by atoms with Gasteiger partial charge in [-0.3, -0.25) is 9.59 Å². The van der Waals surface area contributed by atoms with Gasteiger partial charge in [0.05, 0.1) is 50.6 Å². The molecule has 2 aromatic heterocycles. The molecule has 324 valence electrons. The van der Waals surface area contributed by atoms with E-state index in [0.29, 0.717) is 24.7 Å². The average molecular weight is 835 g/mol. The number of H-pyrrole nitrogens is 2. The molecule has 15 heteroatoms. The first kappa shape index (κ1) is 44.2. The molecular formula is C46H58N8O7. The lowest BCUT2D eigenvalue weighted by atomic mass is 9.86. The van der Waals surface area contributed by atoms with Crippen molar-refractivity contribution < 1.29 is 33.4 Å². The number of aromatic nitrogens is 4. The highest BCUT2D eigenvalue weighted by molar-refractivity contribution is 5.94. The maximum absolute atomic E-state index is 13.5. The summed E-state index contributed by atoms with van der Waals surface area (Å²) in [4.78, 5) is 69.5. The molecule has 1 fully saturated rings. The second-order valence-corrected chi connectivity index (χ2v) is 15.8. The van der Waals surface area contributed by atoms with Gasteiger partial charge < -0.3 is 44.6 Å². The van der Waals surface area contributed by atoms with Crippen LogP contribution in [0.3, 0.4) is 0 Å². The largest absolute Gasteiger partial charge is 0.456 e. The number of amides is 4. The Morgan fingerprint density at radius 3 is 2.34 bits per heavy atom. The van der Waals surface area contributed by atoms with Gasteiger partial charge in [-0.1, -0.05) is 66.2 Å². The van der Waals surface area contributed by atoms with Crippen molar-refractivity contribution in [2.45, 2.75) is 91.8 Å². The maximum atomic E-state index is 13.5. The molecule has 3 aromatic carbocycles. The average Bonchev–Trinajstić information content (AvgIpc) is 4.06. The van der Waals surface area contributed by atoms with E-state index in [1.165, 1.54) is 20.6 Å². The summed E-state index contributed by atoms with van der Waals surface area (Å²) in [6.45, 7) is 13.4. The predicted octanol–water partition coefficient (Wildman–Crippen LogP) is 8.43. The molecule has 61 heavy (non-hydrogen) atoms. The monoisotopic (exact) mass is 834 g/mol. The third-order valence-corrected chi connectivity index (χ3v) is 11.0. The lowest BCUT2D eigenvalue weighted by Gasteiger charge is -2.28. The van der Waals surface area contributed by atoms with E-state index in [0.717, 1.165) is 75.2 Å². The summed E-state index contributed by atoms with van der Waals surface area (Å²) in [5.74, 6) is 2.52. The van der Waals surface area contributed by atoms with Crippen molar-refractivity contribution >= 4 is 34.8 Å². The van der Waals surface area contributed by atoms with E-state index in [1.54, 1.807) is 22.2 Å². The van der Waals surface area contributed by atoms with Crippen molar-refractivity contribution in [2.24, 2.45) is 5.92 Å². The number of fused-ring (bicyclic) bond motifs is 4. The first-order valence-corrected chi connectivity index (χ1v) is 21.1. The van der Waals surface area contributed by atoms with Gasteiger partial charge in [0, 0.05) is 46.6 Å². The third kappa shape index (κ3) is 9.82. The zero-order valence-electron chi connectivity index (χ0n) is 36.4. The molecular weight excluding hydrogens is 777 g/mol. The Balaban J connectivity index is 0.00000201. The van der Waals surface area contributed by atoms with Crippen LogP contribution in [0, 0.1) is 5.92 Å². The summed E-state index contributed by atoms with van der Waals surface area (Å²) in [5, 5.41) is 7.16. The van der Waals surface area contributed by atoms with E-state index in [1.807, 2.05) is 39.0 Å². The Kier molecular flexibility index (Phi) is 14.3. The number of alkyl carbamates (subject to hydrolysis) is 2. The molecule has 4 amide bonds. The molecule has 0 saturated carbocycles. The third-order valence-electron chi connectivity index (χ3n) is 11.0. The van der Waals surface area contributed by atoms with Gasteiger partial charge in [0.1, 0.15) is 35.7 Å². The molecule has 7 rings (SSSR count). The number of benzene rings is 3. The molecule has 0 radical (unpaired) electrons. The second kappa shape index (κ2) is 19.8. The molecule has 2 aliphatic rings. The smallest absolute Gasteiger partial charge is 0.407 e. The molecule has 4 N–H and O–H groups in total. The predicted molar refractivity (Wildman–Crippen MR) is 233 cm³/mol. The lowest BCUT2D eigenvalue weighted by Crippen LogP contribution is -2.51. The second-order valence-electron chi connectivity index (χ2n) is 15.8. The van der Waals surface area contributed by atoms with Crippen molar-refractivity contribution in [1.29, 1.82) is 0 Å². The van der Waals surface area contributed by atoms with Crippen LogP contribution in [0.1, 0.15) is 102 Å². The van der Waals surface area contributed by atoms with Crippen LogP contribution in [-0.2, 0) is 25.6 Å². The molecule has 4 heterocycles. The van der Waals surface area contributed by atoms with E-state index in [4.69, 9.17) is 9.47 Å². The Morgan fingerprint density at radius 1 is 0.918 bits per heavy atom. The quantitative estimate of drug-likeness (QED) is 0.0958. The Bertz CT molecular complexity index is 2350. The van der Waals surface area contributed by atoms with Crippen molar-refractivity contribution in [2.75, 3.05) is 33.9 Å². The van der Waals surface area contributed by atoms with Gasteiger partial charge in [0.25, 0.3) is 0 Å². The van der Waals surface area contributed by atoms with E-state index in [-0.39, 0.29) is 42.8 Å². The zero-order chi connectivity index (χ0) is 43.8. The first-order valence-electron chi connectivity index (χ1n) is 21.1. The van der Waals surface area contributed by atoms with Gasteiger partial charge in [-0.2, -0.15) is 0 Å². The SMILES string of the molecule is CCC.CCCN(Cc1ncc(-c2ccc3c4c(ccc3c2)C(C)c2cc(-c3cnc([C@@H]5CCCN5C(=O)CNC(=O)OC)[nH]3)ccc2O4)[nH]1)C(=O)C(NC(=O)OC)C(C)C. The summed E-state index contributed by atoms with van der Waals surface area (Å²) >= 11 is 0. The lowest BCUT2D eigenvalue weighted by molar-refractivity contribution is -0.135. The fraction of sp³-hybridized carbons (Fsp3) is 0.435. The van der Waals surface area contributed by atoms with Gasteiger partial charge in [-0.05, 0) is 60.9 Å². The molecule has 0 spiro atoms. The Labute approximate surface area is 357 Å². The number of nitrogens with one attached hydrogen (secondary N) is 4. The fourth-order valence-electron chi connectivity index (χ4n) is 7.89. The number of carbonyl (C=O) groups excluding carboxylic acids is 4. The van der Waals surface area contributed by atoms with Crippen LogP contribution in [0.2, 0.25) is 0 Å².